The molecule has 1 aromatic heterocycles. The van der Waals surface area contributed by atoms with E-state index >= 15 is 0 Å². The maximum atomic E-state index is 12.1. The van der Waals surface area contributed by atoms with Crippen molar-refractivity contribution in [3.63, 3.8) is 0 Å². The Kier molecular flexibility index (Phi) is 6.12. The monoisotopic (exact) mass is 369 g/mol. The molecule has 0 bridgehead atoms. The van der Waals surface area contributed by atoms with E-state index < -0.39 is 0 Å². The number of hydrogen-bond donors (Lipinski definition) is 1. The lowest BCUT2D eigenvalue weighted by atomic mass is 10.1. The van der Waals surface area contributed by atoms with Crippen molar-refractivity contribution >= 4 is 29.3 Å². The van der Waals surface area contributed by atoms with Crippen molar-refractivity contribution in [1.29, 1.82) is 0 Å². The molecule has 0 aliphatic rings. The molecule has 1 N–H and O–H groups in total. The van der Waals surface area contributed by atoms with Crippen LogP contribution in [0.2, 0.25) is 5.02 Å². The molecule has 8 heteroatoms. The van der Waals surface area contributed by atoms with E-state index in [0.29, 0.717) is 21.9 Å². The Bertz CT molecular complexity index is 683. The van der Waals surface area contributed by atoms with E-state index in [-0.39, 0.29) is 23.3 Å². The average molecular weight is 370 g/mol. The van der Waals surface area contributed by atoms with E-state index in [0.717, 1.165) is 0 Å². The average Bonchev–Trinajstić information content (AvgIpc) is 2.92. The third-order valence-corrected chi connectivity index (χ3v) is 3.96. The van der Waals surface area contributed by atoms with Gasteiger partial charge in [-0.2, -0.15) is 0 Å². The topological polar surface area (TPSA) is 77.2 Å². The minimum atomic E-state index is -0.338. The number of amides is 1. The van der Waals surface area contributed by atoms with E-state index in [1.165, 1.54) is 11.8 Å². The van der Waals surface area contributed by atoms with Crippen molar-refractivity contribution in [2.24, 2.45) is 0 Å². The molecule has 2 rings (SSSR count). The summed E-state index contributed by atoms with van der Waals surface area (Å²) in [5.41, 5.74) is -0.279. The van der Waals surface area contributed by atoms with Crippen molar-refractivity contribution in [3.8, 4) is 5.75 Å². The second-order valence-corrected chi connectivity index (χ2v) is 7.93. The van der Waals surface area contributed by atoms with Gasteiger partial charge in [0, 0.05) is 10.6 Å². The lowest BCUT2D eigenvalue weighted by molar-refractivity contribution is -0.121. The van der Waals surface area contributed by atoms with Crippen molar-refractivity contribution in [1.82, 2.24) is 15.5 Å². The number of rotatable bonds is 6. The highest BCUT2D eigenvalue weighted by molar-refractivity contribution is 8.00. The Labute approximate surface area is 150 Å². The van der Waals surface area contributed by atoms with Gasteiger partial charge in [-0.1, -0.05) is 23.4 Å². The van der Waals surface area contributed by atoms with E-state index in [4.69, 9.17) is 20.8 Å². The largest absolute Gasteiger partial charge is 0.484 e. The first-order chi connectivity index (χ1) is 11.2. The van der Waals surface area contributed by atoms with Gasteiger partial charge in [0.2, 0.25) is 5.91 Å². The molecule has 0 spiro atoms. The van der Waals surface area contributed by atoms with Crippen molar-refractivity contribution in [2.45, 2.75) is 50.3 Å². The summed E-state index contributed by atoms with van der Waals surface area (Å²) in [6, 6.07) is 6.99. The molecule has 24 heavy (non-hydrogen) atoms. The Morgan fingerprint density at radius 3 is 2.62 bits per heavy atom. The van der Waals surface area contributed by atoms with Crippen LogP contribution < -0.4 is 10.1 Å². The quantitative estimate of drug-likeness (QED) is 0.782. The molecular formula is C16H20ClN3O3S. The second-order valence-electron chi connectivity index (χ2n) is 6.20. The number of nitrogens with zero attached hydrogens (tertiary/aromatic N) is 2. The number of nitrogens with one attached hydrogen (secondary N) is 1. The minimum Gasteiger partial charge on any atom is -0.484 e. The molecule has 1 amide bonds. The highest BCUT2D eigenvalue weighted by Crippen LogP contribution is 2.23. The highest BCUT2D eigenvalue weighted by atomic mass is 35.5. The zero-order valence-corrected chi connectivity index (χ0v) is 15.6. The fraction of sp³-hybridized carbons (Fsp3) is 0.438. The molecule has 1 unspecified atom stereocenters. The summed E-state index contributed by atoms with van der Waals surface area (Å²) in [7, 11) is 0. The molecule has 2 aromatic rings. The first kappa shape index (κ1) is 18.6. The third-order valence-electron chi connectivity index (χ3n) is 2.77. The van der Waals surface area contributed by atoms with Gasteiger partial charge in [0.1, 0.15) is 5.75 Å². The summed E-state index contributed by atoms with van der Waals surface area (Å²) in [6.07, 6.45) is 0. The molecule has 130 valence electrons. The second kappa shape index (κ2) is 7.90. The van der Waals surface area contributed by atoms with Crippen LogP contribution in [0.5, 0.6) is 5.75 Å². The first-order valence-corrected chi connectivity index (χ1v) is 8.68. The SMILES string of the molecule is CC(Sc1nnc(COc2ccc(Cl)cc2)o1)C(=O)NC(C)(C)C. The predicted octanol–water partition coefficient (Wildman–Crippen LogP) is 3.70. The van der Waals surface area contributed by atoms with Gasteiger partial charge in [0.05, 0.1) is 5.25 Å². The van der Waals surface area contributed by atoms with E-state index in [9.17, 15) is 4.79 Å². The van der Waals surface area contributed by atoms with Crippen LogP contribution in [0.15, 0.2) is 33.9 Å². The summed E-state index contributed by atoms with van der Waals surface area (Å²) in [5, 5.41) is 11.4. The van der Waals surface area contributed by atoms with Crippen LogP contribution in [0.3, 0.4) is 0 Å². The number of benzene rings is 1. The van der Waals surface area contributed by atoms with E-state index in [1.54, 1.807) is 31.2 Å². The molecule has 6 nitrogen and oxygen atoms in total. The summed E-state index contributed by atoms with van der Waals surface area (Å²) in [6.45, 7) is 7.74. The number of aromatic nitrogens is 2. The minimum absolute atomic E-state index is 0.0790. The number of thioether (sulfide) groups is 1. The molecule has 0 saturated heterocycles. The smallest absolute Gasteiger partial charge is 0.277 e. The Hall–Kier alpha value is -1.73. The molecule has 1 aromatic carbocycles. The fourth-order valence-corrected chi connectivity index (χ4v) is 2.52. The Balaban J connectivity index is 1.86. The van der Waals surface area contributed by atoms with Gasteiger partial charge in [-0.15, -0.1) is 10.2 Å². The number of halogens is 1. The van der Waals surface area contributed by atoms with Gasteiger partial charge < -0.3 is 14.5 Å². The van der Waals surface area contributed by atoms with Gasteiger partial charge in [0.25, 0.3) is 11.1 Å². The number of ether oxygens (including phenoxy) is 1. The molecule has 0 aliphatic heterocycles. The van der Waals surface area contributed by atoms with E-state index in [1.807, 2.05) is 20.8 Å². The van der Waals surface area contributed by atoms with E-state index in [2.05, 4.69) is 15.5 Å². The number of carbonyl (C=O) groups excluding carboxylic acids is 1. The highest BCUT2D eigenvalue weighted by Gasteiger charge is 2.22. The van der Waals surface area contributed by atoms with Gasteiger partial charge in [0.15, 0.2) is 6.61 Å². The van der Waals surface area contributed by atoms with Crippen LogP contribution in [0.25, 0.3) is 0 Å². The molecule has 1 atom stereocenters. The van der Waals surface area contributed by atoms with Crippen molar-refractivity contribution < 1.29 is 13.9 Å². The zero-order valence-electron chi connectivity index (χ0n) is 14.0. The molecule has 0 radical (unpaired) electrons. The first-order valence-electron chi connectivity index (χ1n) is 7.42. The fourth-order valence-electron chi connectivity index (χ4n) is 1.70. The van der Waals surface area contributed by atoms with Crippen LogP contribution >= 0.6 is 23.4 Å². The number of hydrogen-bond acceptors (Lipinski definition) is 6. The molecule has 0 saturated carbocycles. The van der Waals surface area contributed by atoms with Crippen LogP contribution in [0, 0.1) is 0 Å². The van der Waals surface area contributed by atoms with Gasteiger partial charge in [-0.25, -0.2) is 0 Å². The Morgan fingerprint density at radius 2 is 2.00 bits per heavy atom. The van der Waals surface area contributed by atoms with Crippen molar-refractivity contribution in [2.75, 3.05) is 0 Å². The maximum absolute atomic E-state index is 12.1. The zero-order chi connectivity index (χ0) is 17.7. The van der Waals surface area contributed by atoms with Crippen LogP contribution in [-0.2, 0) is 11.4 Å². The Morgan fingerprint density at radius 1 is 1.33 bits per heavy atom. The summed E-state index contributed by atoms with van der Waals surface area (Å²) in [5.74, 6) is 0.922. The van der Waals surface area contributed by atoms with Crippen molar-refractivity contribution in [3.05, 3.63) is 35.2 Å². The normalized spacial score (nSPS) is 12.7. The van der Waals surface area contributed by atoms with Gasteiger partial charge >= 0.3 is 0 Å². The molecule has 0 aliphatic carbocycles. The van der Waals surface area contributed by atoms with Gasteiger partial charge in [-0.05, 0) is 52.0 Å². The lowest BCUT2D eigenvalue weighted by Crippen LogP contribution is -2.44. The number of carbonyl (C=O) groups is 1. The third kappa shape index (κ3) is 6.05. The van der Waals surface area contributed by atoms with Crippen LogP contribution in [0.1, 0.15) is 33.6 Å². The summed E-state index contributed by atoms with van der Waals surface area (Å²) in [4.78, 5) is 12.1. The predicted molar refractivity (Wildman–Crippen MR) is 93.3 cm³/mol. The van der Waals surface area contributed by atoms with Crippen LogP contribution in [-0.4, -0.2) is 26.9 Å². The lowest BCUT2D eigenvalue weighted by Gasteiger charge is -2.22. The standard InChI is InChI=1S/C16H20ClN3O3S/c1-10(14(21)18-16(2,3)4)24-15-20-19-13(23-15)9-22-12-7-5-11(17)6-8-12/h5-8,10H,9H2,1-4H3,(H,18,21). The van der Waals surface area contributed by atoms with Crippen LogP contribution in [0.4, 0.5) is 0 Å². The molecule has 1 heterocycles. The molecular weight excluding hydrogens is 350 g/mol. The maximum Gasteiger partial charge on any atom is 0.277 e. The molecule has 0 fully saturated rings. The summed E-state index contributed by atoms with van der Waals surface area (Å²) < 4.78 is 11.0. The summed E-state index contributed by atoms with van der Waals surface area (Å²) >= 11 is 7.03. The van der Waals surface area contributed by atoms with Gasteiger partial charge in [-0.3, -0.25) is 4.79 Å².